The van der Waals surface area contributed by atoms with Crippen LogP contribution in [0.15, 0.2) is 47.4 Å². The van der Waals surface area contributed by atoms with Crippen LogP contribution in [-0.4, -0.2) is 38.3 Å². The maximum Gasteiger partial charge on any atom is 0.244 e. The summed E-state index contributed by atoms with van der Waals surface area (Å²) in [7, 11) is -2.37. The summed E-state index contributed by atoms with van der Waals surface area (Å²) in [6, 6.07) is 9.90. The standard InChI is InChI=1S/C20H23FN2O4S/c1-14-5-10-17(27-2)12-19(14)28(25,26)23-11-3-4-18(23)20(24)22-13-15-6-8-16(21)9-7-15/h5-10,12,18H,3-4,11,13H2,1-2H3,(H,22,24)/t18-/m1/s1. The van der Waals surface area contributed by atoms with Gasteiger partial charge in [-0.2, -0.15) is 4.31 Å². The fraction of sp³-hybridized carbons (Fsp3) is 0.350. The molecule has 1 heterocycles. The molecule has 150 valence electrons. The molecule has 1 N–H and O–H groups in total. The molecule has 0 aliphatic carbocycles. The lowest BCUT2D eigenvalue weighted by molar-refractivity contribution is -0.124. The predicted octanol–water partition coefficient (Wildman–Crippen LogP) is 2.61. The van der Waals surface area contributed by atoms with Gasteiger partial charge in [-0.05, 0) is 49.1 Å². The van der Waals surface area contributed by atoms with E-state index in [0.29, 0.717) is 24.2 Å². The van der Waals surface area contributed by atoms with Gasteiger partial charge in [0.2, 0.25) is 15.9 Å². The number of methoxy groups -OCH3 is 1. The Labute approximate surface area is 164 Å². The third kappa shape index (κ3) is 4.18. The quantitative estimate of drug-likeness (QED) is 0.800. The fourth-order valence-electron chi connectivity index (χ4n) is 3.31. The molecule has 0 saturated carbocycles. The molecule has 1 saturated heterocycles. The Morgan fingerprint density at radius 3 is 2.64 bits per heavy atom. The van der Waals surface area contributed by atoms with Gasteiger partial charge in [-0.15, -0.1) is 0 Å². The smallest absolute Gasteiger partial charge is 0.244 e. The van der Waals surface area contributed by atoms with E-state index in [1.165, 1.54) is 29.6 Å². The van der Waals surface area contributed by atoms with Crippen molar-refractivity contribution < 1.29 is 22.3 Å². The molecule has 2 aromatic carbocycles. The Hall–Kier alpha value is -2.45. The number of benzene rings is 2. The molecule has 1 aliphatic heterocycles. The number of halogens is 1. The van der Waals surface area contributed by atoms with Crippen LogP contribution in [0.25, 0.3) is 0 Å². The van der Waals surface area contributed by atoms with E-state index in [9.17, 15) is 17.6 Å². The SMILES string of the molecule is COc1ccc(C)c(S(=O)(=O)N2CCC[C@@H]2C(=O)NCc2ccc(F)cc2)c1. The molecule has 8 heteroatoms. The second-order valence-electron chi connectivity index (χ2n) is 6.75. The number of carbonyl (C=O) groups excluding carboxylic acids is 1. The summed E-state index contributed by atoms with van der Waals surface area (Å²) in [4.78, 5) is 12.8. The van der Waals surface area contributed by atoms with Crippen LogP contribution in [0.4, 0.5) is 4.39 Å². The molecule has 0 bridgehead atoms. The zero-order valence-electron chi connectivity index (χ0n) is 15.8. The Balaban J connectivity index is 1.77. The van der Waals surface area contributed by atoms with E-state index >= 15 is 0 Å². The van der Waals surface area contributed by atoms with E-state index in [-0.39, 0.29) is 29.7 Å². The number of aryl methyl sites for hydroxylation is 1. The number of amides is 1. The zero-order valence-corrected chi connectivity index (χ0v) is 16.6. The highest BCUT2D eigenvalue weighted by Crippen LogP contribution is 2.30. The number of sulfonamides is 1. The molecule has 1 atom stereocenters. The van der Waals surface area contributed by atoms with Crippen molar-refractivity contribution in [3.8, 4) is 5.75 Å². The van der Waals surface area contributed by atoms with E-state index in [2.05, 4.69) is 5.32 Å². The van der Waals surface area contributed by atoms with Crippen LogP contribution in [0.1, 0.15) is 24.0 Å². The van der Waals surface area contributed by atoms with Gasteiger partial charge >= 0.3 is 0 Å². The highest BCUT2D eigenvalue weighted by Gasteiger charge is 2.40. The lowest BCUT2D eigenvalue weighted by Gasteiger charge is -2.24. The average Bonchev–Trinajstić information content (AvgIpc) is 3.18. The Bertz CT molecular complexity index is 961. The fourth-order valence-corrected chi connectivity index (χ4v) is 5.21. The molecule has 0 radical (unpaired) electrons. The minimum atomic E-state index is -3.84. The summed E-state index contributed by atoms with van der Waals surface area (Å²) in [6.07, 6.45) is 1.06. The number of hydrogen-bond donors (Lipinski definition) is 1. The van der Waals surface area contributed by atoms with Crippen LogP contribution in [0.2, 0.25) is 0 Å². The molecule has 0 spiro atoms. The van der Waals surface area contributed by atoms with Gasteiger partial charge in [-0.3, -0.25) is 4.79 Å². The van der Waals surface area contributed by atoms with Crippen molar-refractivity contribution in [3.63, 3.8) is 0 Å². The largest absolute Gasteiger partial charge is 0.497 e. The van der Waals surface area contributed by atoms with Gasteiger partial charge in [0, 0.05) is 19.2 Å². The highest BCUT2D eigenvalue weighted by molar-refractivity contribution is 7.89. The molecule has 1 amide bonds. The van der Waals surface area contributed by atoms with Crippen LogP contribution in [0.3, 0.4) is 0 Å². The third-order valence-corrected chi connectivity index (χ3v) is 6.92. The molecular weight excluding hydrogens is 383 g/mol. The number of rotatable bonds is 6. The Morgan fingerprint density at radius 1 is 1.25 bits per heavy atom. The molecule has 6 nitrogen and oxygen atoms in total. The Morgan fingerprint density at radius 2 is 1.96 bits per heavy atom. The summed E-state index contributed by atoms with van der Waals surface area (Å²) in [6.45, 7) is 2.21. The van der Waals surface area contributed by atoms with Crippen molar-refractivity contribution in [2.75, 3.05) is 13.7 Å². The van der Waals surface area contributed by atoms with Gasteiger partial charge < -0.3 is 10.1 Å². The van der Waals surface area contributed by atoms with Crippen LogP contribution < -0.4 is 10.1 Å². The van der Waals surface area contributed by atoms with Crippen molar-refractivity contribution in [1.82, 2.24) is 9.62 Å². The van der Waals surface area contributed by atoms with E-state index < -0.39 is 16.1 Å². The maximum atomic E-state index is 13.2. The van der Waals surface area contributed by atoms with Crippen LogP contribution in [0, 0.1) is 12.7 Å². The summed E-state index contributed by atoms with van der Waals surface area (Å²) < 4.78 is 45.8. The van der Waals surface area contributed by atoms with Gasteiger partial charge in [-0.25, -0.2) is 12.8 Å². The van der Waals surface area contributed by atoms with Crippen molar-refractivity contribution in [2.24, 2.45) is 0 Å². The zero-order chi connectivity index (χ0) is 20.3. The number of hydrogen-bond acceptors (Lipinski definition) is 4. The van der Waals surface area contributed by atoms with E-state index in [1.54, 1.807) is 31.2 Å². The summed E-state index contributed by atoms with van der Waals surface area (Å²) in [5, 5.41) is 2.76. The molecule has 1 aliphatic rings. The monoisotopic (exact) mass is 406 g/mol. The second-order valence-corrected chi connectivity index (χ2v) is 8.61. The number of ether oxygens (including phenoxy) is 1. The first-order chi connectivity index (χ1) is 13.3. The van der Waals surface area contributed by atoms with Gasteiger partial charge in [0.1, 0.15) is 17.6 Å². The molecule has 0 unspecified atom stereocenters. The van der Waals surface area contributed by atoms with E-state index in [1.807, 2.05) is 0 Å². The van der Waals surface area contributed by atoms with Crippen molar-refractivity contribution >= 4 is 15.9 Å². The number of nitrogens with zero attached hydrogens (tertiary/aromatic N) is 1. The predicted molar refractivity (Wildman–Crippen MR) is 103 cm³/mol. The number of carbonyl (C=O) groups is 1. The van der Waals surface area contributed by atoms with Crippen LogP contribution >= 0.6 is 0 Å². The van der Waals surface area contributed by atoms with E-state index in [0.717, 1.165) is 5.56 Å². The van der Waals surface area contributed by atoms with Crippen molar-refractivity contribution in [1.29, 1.82) is 0 Å². The molecule has 2 aromatic rings. The van der Waals surface area contributed by atoms with Gasteiger partial charge in [-0.1, -0.05) is 18.2 Å². The van der Waals surface area contributed by atoms with Gasteiger partial charge in [0.15, 0.2) is 0 Å². The molecule has 28 heavy (non-hydrogen) atoms. The molecule has 0 aromatic heterocycles. The van der Waals surface area contributed by atoms with Crippen LogP contribution in [0.5, 0.6) is 5.75 Å². The lowest BCUT2D eigenvalue weighted by Crippen LogP contribution is -2.45. The third-order valence-electron chi connectivity index (χ3n) is 4.87. The molecule has 3 rings (SSSR count). The first kappa shape index (κ1) is 20.3. The Kier molecular flexibility index (Phi) is 6.00. The molecule has 1 fully saturated rings. The minimum Gasteiger partial charge on any atom is -0.497 e. The highest BCUT2D eigenvalue weighted by atomic mass is 32.2. The first-order valence-corrected chi connectivity index (χ1v) is 10.5. The van der Waals surface area contributed by atoms with Gasteiger partial charge in [0.05, 0.1) is 12.0 Å². The van der Waals surface area contributed by atoms with Gasteiger partial charge in [0.25, 0.3) is 0 Å². The second kappa shape index (κ2) is 8.28. The first-order valence-electron chi connectivity index (χ1n) is 9.01. The normalized spacial score (nSPS) is 17.5. The molecular formula is C20H23FN2O4S. The van der Waals surface area contributed by atoms with Crippen molar-refractivity contribution in [2.45, 2.75) is 37.2 Å². The summed E-state index contributed by atoms with van der Waals surface area (Å²) in [5.41, 5.74) is 1.34. The van der Waals surface area contributed by atoms with Crippen molar-refractivity contribution in [3.05, 3.63) is 59.4 Å². The maximum absolute atomic E-state index is 13.2. The minimum absolute atomic E-state index is 0.144. The van der Waals surface area contributed by atoms with Crippen LogP contribution in [-0.2, 0) is 21.4 Å². The summed E-state index contributed by atoms with van der Waals surface area (Å²) in [5.74, 6) is -0.261. The van der Waals surface area contributed by atoms with E-state index in [4.69, 9.17) is 4.74 Å². The topological polar surface area (TPSA) is 75.7 Å². The average molecular weight is 406 g/mol. The lowest BCUT2D eigenvalue weighted by atomic mass is 10.2. The summed E-state index contributed by atoms with van der Waals surface area (Å²) >= 11 is 0. The number of nitrogens with one attached hydrogen (secondary N) is 1.